The van der Waals surface area contributed by atoms with E-state index in [1.165, 1.54) is 66.9 Å². The van der Waals surface area contributed by atoms with Crippen LogP contribution in [0.25, 0.3) is 44.7 Å². The Kier molecular flexibility index (Phi) is 7.42. The Balaban J connectivity index is 1.91. The third-order valence-electron chi connectivity index (χ3n) is 8.61. The van der Waals surface area contributed by atoms with Gasteiger partial charge >= 0.3 is 256 Å². The van der Waals surface area contributed by atoms with Crippen molar-refractivity contribution in [1.82, 2.24) is 9.13 Å². The van der Waals surface area contributed by atoms with Gasteiger partial charge in [-0.15, -0.1) is 0 Å². The summed E-state index contributed by atoms with van der Waals surface area (Å²) in [4.78, 5) is 0. The normalized spacial score (nSPS) is 12.6. The predicted molar refractivity (Wildman–Crippen MR) is 172 cm³/mol. The zero-order chi connectivity index (χ0) is 29.2. The molecule has 0 saturated carbocycles. The zero-order valence-corrected chi connectivity index (χ0v) is 27.1. The van der Waals surface area contributed by atoms with Gasteiger partial charge in [0.25, 0.3) is 0 Å². The van der Waals surface area contributed by atoms with E-state index in [0.29, 0.717) is 23.7 Å². The van der Waals surface area contributed by atoms with Crippen molar-refractivity contribution in [1.29, 1.82) is 0 Å². The number of para-hydroxylation sites is 2. The van der Waals surface area contributed by atoms with Gasteiger partial charge in [-0.2, -0.15) is 0 Å². The van der Waals surface area contributed by atoms with E-state index < -0.39 is 0 Å². The predicted octanol–water partition coefficient (Wildman–Crippen LogP) is 11.3. The molecule has 215 valence electrons. The van der Waals surface area contributed by atoms with Crippen molar-refractivity contribution in [3.63, 3.8) is 0 Å². The minimum absolute atomic E-state index is 0.361. The summed E-state index contributed by atoms with van der Waals surface area (Å²) >= 11 is 1.11. The van der Waals surface area contributed by atoms with E-state index in [9.17, 15) is 0 Å². The monoisotopic (exact) mass is 605 g/mol. The molecule has 0 aliphatic heterocycles. The first-order valence-corrected chi connectivity index (χ1v) is 16.7. The molecule has 4 heteroatoms. The van der Waals surface area contributed by atoms with Crippen LogP contribution in [0.4, 0.5) is 0 Å². The van der Waals surface area contributed by atoms with Crippen LogP contribution in [-0.4, -0.2) is 9.13 Å². The zero-order valence-electron chi connectivity index (χ0n) is 25.3. The van der Waals surface area contributed by atoms with Crippen molar-refractivity contribution < 1.29 is 13.1 Å². The summed E-state index contributed by atoms with van der Waals surface area (Å²) in [6, 6.07) is 27.1. The second kappa shape index (κ2) is 10.8. The fraction of sp³-hybridized carbons (Fsp3) is 0.324. The average Bonchev–Trinajstić information content (AvgIpc) is 3.46. The van der Waals surface area contributed by atoms with Crippen LogP contribution in [0.2, 0.25) is 0 Å². The van der Waals surface area contributed by atoms with Gasteiger partial charge in [-0.25, -0.2) is 0 Å². The SMILES string of the molecule is CC(C)c1cccc(C(C)C)c1-n1c2c(n(-c3c(C(C)C)cccc3C(C)C)[c]1=[Ni][Cl])-c1cccc3cccc-2c13. The summed E-state index contributed by atoms with van der Waals surface area (Å²) in [5.74, 6) is 1.44. The van der Waals surface area contributed by atoms with Crippen LogP contribution in [0.3, 0.4) is 0 Å². The van der Waals surface area contributed by atoms with Gasteiger partial charge in [0.15, 0.2) is 0 Å². The van der Waals surface area contributed by atoms with Crippen molar-refractivity contribution >= 4 is 21.0 Å². The summed E-state index contributed by atoms with van der Waals surface area (Å²) in [6.07, 6.45) is 0. The number of hydrogen-bond acceptors (Lipinski definition) is 0. The molecule has 0 fully saturated rings. The maximum absolute atomic E-state index is 7.06. The molecule has 0 spiro atoms. The van der Waals surface area contributed by atoms with Crippen LogP contribution in [0.1, 0.15) is 101 Å². The van der Waals surface area contributed by atoms with Gasteiger partial charge in [-0.05, 0) is 0 Å². The number of aromatic nitrogens is 2. The molecule has 0 atom stereocenters. The molecule has 5 aromatic rings. The fourth-order valence-electron chi connectivity index (χ4n) is 6.70. The number of rotatable bonds is 6. The molecule has 0 radical (unpaired) electrons. The summed E-state index contributed by atoms with van der Waals surface area (Å²) in [7, 11) is 7.06. The van der Waals surface area contributed by atoms with E-state index in [2.05, 4.69) is 137 Å². The molecule has 41 heavy (non-hydrogen) atoms. The molecule has 1 heterocycles. The number of fused-ring (bicyclic) bond motifs is 3. The minimum atomic E-state index is 0.361. The Morgan fingerprint density at radius 1 is 0.512 bits per heavy atom. The molecule has 0 amide bonds. The molecule has 1 aliphatic carbocycles. The summed E-state index contributed by atoms with van der Waals surface area (Å²) in [5, 5.41) is 2.61. The summed E-state index contributed by atoms with van der Waals surface area (Å²) in [5.41, 5.74) is 13.0. The third kappa shape index (κ3) is 4.31. The van der Waals surface area contributed by atoms with Crippen molar-refractivity contribution in [2.75, 3.05) is 0 Å². The quantitative estimate of drug-likeness (QED) is 0.167. The molecule has 4 aromatic carbocycles. The number of halogens is 1. The Hall–Kier alpha value is -2.87. The second-order valence-corrected chi connectivity index (χ2v) is 13.7. The molecule has 0 N–H and O–H groups in total. The molecule has 6 rings (SSSR count). The van der Waals surface area contributed by atoms with Gasteiger partial charge in [0.1, 0.15) is 0 Å². The van der Waals surface area contributed by atoms with Crippen LogP contribution < -0.4 is 0 Å². The van der Waals surface area contributed by atoms with E-state index >= 15 is 0 Å². The van der Waals surface area contributed by atoms with Crippen molar-refractivity contribution in [3.05, 3.63) is 99.4 Å². The Morgan fingerprint density at radius 2 is 0.854 bits per heavy atom. The van der Waals surface area contributed by atoms with Gasteiger partial charge in [-0.3, -0.25) is 0 Å². The Morgan fingerprint density at radius 3 is 1.17 bits per heavy atom. The van der Waals surface area contributed by atoms with Crippen LogP contribution in [-0.2, 0) is 13.1 Å². The second-order valence-electron chi connectivity index (χ2n) is 12.6. The van der Waals surface area contributed by atoms with Crippen molar-refractivity contribution in [2.45, 2.75) is 79.1 Å². The molecule has 0 bridgehead atoms. The van der Waals surface area contributed by atoms with Crippen LogP contribution in [0, 0.1) is 4.40 Å². The van der Waals surface area contributed by atoms with E-state index in [-0.39, 0.29) is 0 Å². The number of nitrogens with zero attached hydrogens (tertiary/aromatic N) is 2. The fourth-order valence-corrected chi connectivity index (χ4v) is 7.75. The van der Waals surface area contributed by atoms with Crippen molar-refractivity contribution in [2.24, 2.45) is 0 Å². The molecule has 1 aromatic heterocycles. The van der Waals surface area contributed by atoms with Crippen LogP contribution in [0.5, 0.6) is 0 Å². The van der Waals surface area contributed by atoms with Crippen molar-refractivity contribution in [3.8, 4) is 33.9 Å². The van der Waals surface area contributed by atoms with Crippen LogP contribution >= 0.6 is 10.2 Å². The van der Waals surface area contributed by atoms with E-state index in [0.717, 1.165) is 17.5 Å². The van der Waals surface area contributed by atoms with Gasteiger partial charge in [0.05, 0.1) is 0 Å². The summed E-state index contributed by atoms with van der Waals surface area (Å²) in [6.45, 7) is 18.4. The standard InChI is InChI=1S/C37H40N2.ClH.Ni/c1-22(2)27-15-11-16-28(23(3)4)34(27)38-21-39(35-29(24(5)6)17-12-18-30(35)25(7)8)37-32-20-10-14-26-13-9-19-31(33(26)32)36(37)38;;/h9-20,22-25H,1-8H3;1H;/q;;+1/p-1. The first-order valence-electron chi connectivity index (χ1n) is 14.9. The molecule has 1 aliphatic rings. The Bertz CT molecular complexity index is 1690. The number of benzene rings is 4. The van der Waals surface area contributed by atoms with E-state index in [1.807, 2.05) is 0 Å². The molecule has 0 saturated heterocycles. The van der Waals surface area contributed by atoms with E-state index in [1.54, 1.807) is 0 Å². The first kappa shape index (κ1) is 28.3. The van der Waals surface area contributed by atoms with E-state index in [4.69, 9.17) is 10.2 Å². The van der Waals surface area contributed by atoms with Gasteiger partial charge in [-0.1, -0.05) is 0 Å². The van der Waals surface area contributed by atoms with Gasteiger partial charge in [0, 0.05) is 0 Å². The molecule has 0 unspecified atom stereocenters. The van der Waals surface area contributed by atoms with Crippen LogP contribution in [0.15, 0.2) is 72.8 Å². The topological polar surface area (TPSA) is 9.86 Å². The Labute approximate surface area is 254 Å². The summed E-state index contributed by atoms with van der Waals surface area (Å²) < 4.78 is 6.09. The average molecular weight is 607 g/mol. The maximum atomic E-state index is 7.06. The molecular formula is C37H40ClN2Ni. The number of imidazole rings is 1. The molecular weight excluding hydrogens is 567 g/mol. The van der Waals surface area contributed by atoms with Gasteiger partial charge in [0.2, 0.25) is 0 Å². The van der Waals surface area contributed by atoms with Gasteiger partial charge < -0.3 is 0 Å². The number of hydrogen-bond donors (Lipinski definition) is 0. The third-order valence-corrected chi connectivity index (χ3v) is 9.66. The first-order chi connectivity index (χ1) is 19.7. The molecule has 2 nitrogen and oxygen atoms in total.